The van der Waals surface area contributed by atoms with Crippen LogP contribution in [-0.4, -0.2) is 20.6 Å². The number of rotatable bonds is 4. The number of hydrogen-bond acceptors (Lipinski definition) is 4. The highest BCUT2D eigenvalue weighted by Gasteiger charge is 2.21. The maximum Gasteiger partial charge on any atom is 0.337 e. The molecule has 0 spiro atoms. The molecular weight excluding hydrogens is 408 g/mol. The average Bonchev–Trinajstić information content (AvgIpc) is 3.14. The van der Waals surface area contributed by atoms with E-state index in [2.05, 4.69) is 32.9 Å². The third kappa shape index (κ3) is 4.03. The fourth-order valence-electron chi connectivity index (χ4n) is 3.63. The standard InChI is InChI=1S/C25H24N2O3S/c1-15-6-5-7-17(12-15)21-26-22-20(19(14-31-22)24(29)30)23(28)27(21)13-16-8-10-18(11-9-16)25(2,3)4/h5-12,14H,13H2,1-4H3,(H,29,30). The Kier molecular flexibility index (Phi) is 5.27. The number of carboxylic acids is 1. The van der Waals surface area contributed by atoms with E-state index in [0.717, 1.165) is 16.7 Å². The second kappa shape index (κ2) is 7.78. The largest absolute Gasteiger partial charge is 0.478 e. The van der Waals surface area contributed by atoms with E-state index in [1.54, 1.807) is 4.57 Å². The molecule has 5 nitrogen and oxygen atoms in total. The van der Waals surface area contributed by atoms with E-state index in [4.69, 9.17) is 4.98 Å². The Bertz CT molecular complexity index is 1340. The molecule has 158 valence electrons. The first kappa shape index (κ1) is 21.0. The van der Waals surface area contributed by atoms with Crippen LogP contribution in [0.15, 0.2) is 58.7 Å². The van der Waals surface area contributed by atoms with Gasteiger partial charge in [-0.1, -0.05) is 68.8 Å². The molecule has 6 heteroatoms. The predicted octanol–water partition coefficient (Wildman–Crippen LogP) is 5.48. The van der Waals surface area contributed by atoms with Crippen LogP contribution < -0.4 is 5.56 Å². The molecule has 0 unspecified atom stereocenters. The van der Waals surface area contributed by atoms with Crippen molar-refractivity contribution in [3.63, 3.8) is 0 Å². The van der Waals surface area contributed by atoms with Gasteiger partial charge in [-0.25, -0.2) is 9.78 Å². The highest BCUT2D eigenvalue weighted by molar-refractivity contribution is 7.17. The first-order chi connectivity index (χ1) is 14.6. The number of aryl methyl sites for hydroxylation is 1. The Morgan fingerprint density at radius 1 is 1.13 bits per heavy atom. The monoisotopic (exact) mass is 432 g/mol. The van der Waals surface area contributed by atoms with Crippen molar-refractivity contribution in [2.24, 2.45) is 0 Å². The molecule has 0 aliphatic carbocycles. The normalized spacial score (nSPS) is 11.7. The van der Waals surface area contributed by atoms with E-state index in [-0.39, 0.29) is 21.9 Å². The van der Waals surface area contributed by atoms with Crippen LogP contribution in [0.4, 0.5) is 0 Å². The Morgan fingerprint density at radius 3 is 2.45 bits per heavy atom. The number of thiophene rings is 1. The Balaban J connectivity index is 1.91. The van der Waals surface area contributed by atoms with Crippen LogP contribution in [0.2, 0.25) is 0 Å². The molecule has 0 radical (unpaired) electrons. The van der Waals surface area contributed by atoms with Crippen LogP contribution in [0.3, 0.4) is 0 Å². The van der Waals surface area contributed by atoms with Gasteiger partial charge in [-0.2, -0.15) is 0 Å². The summed E-state index contributed by atoms with van der Waals surface area (Å²) in [5.74, 6) is -0.575. The van der Waals surface area contributed by atoms with E-state index < -0.39 is 5.97 Å². The summed E-state index contributed by atoms with van der Waals surface area (Å²) in [6.07, 6.45) is 0. The van der Waals surface area contributed by atoms with Crippen LogP contribution in [0.1, 0.15) is 47.8 Å². The highest BCUT2D eigenvalue weighted by atomic mass is 32.1. The van der Waals surface area contributed by atoms with Crippen LogP contribution >= 0.6 is 11.3 Å². The molecule has 0 aliphatic rings. The van der Waals surface area contributed by atoms with Gasteiger partial charge in [0, 0.05) is 10.9 Å². The van der Waals surface area contributed by atoms with E-state index in [1.807, 2.05) is 43.3 Å². The number of carbonyl (C=O) groups is 1. The summed E-state index contributed by atoms with van der Waals surface area (Å²) >= 11 is 1.18. The van der Waals surface area contributed by atoms with E-state index in [1.165, 1.54) is 22.3 Å². The lowest BCUT2D eigenvalue weighted by Gasteiger charge is -2.19. The minimum atomic E-state index is -1.12. The van der Waals surface area contributed by atoms with Crippen molar-refractivity contribution in [1.82, 2.24) is 9.55 Å². The summed E-state index contributed by atoms with van der Waals surface area (Å²) in [4.78, 5) is 30.3. The molecule has 31 heavy (non-hydrogen) atoms. The number of aromatic nitrogens is 2. The zero-order valence-electron chi connectivity index (χ0n) is 18.0. The third-order valence-electron chi connectivity index (χ3n) is 5.36. The van der Waals surface area contributed by atoms with E-state index >= 15 is 0 Å². The van der Waals surface area contributed by atoms with Crippen molar-refractivity contribution in [2.75, 3.05) is 0 Å². The lowest BCUT2D eigenvalue weighted by atomic mass is 9.87. The number of fused-ring (bicyclic) bond motifs is 1. The van der Waals surface area contributed by atoms with Gasteiger partial charge in [0.15, 0.2) is 0 Å². The molecule has 2 aromatic heterocycles. The maximum absolute atomic E-state index is 13.5. The molecule has 2 aromatic carbocycles. The SMILES string of the molecule is Cc1cccc(-c2nc3scc(C(=O)O)c3c(=O)n2Cc2ccc(C(C)(C)C)cc2)c1. The second-order valence-corrected chi connectivity index (χ2v) is 9.64. The summed E-state index contributed by atoms with van der Waals surface area (Å²) in [6.45, 7) is 8.77. The van der Waals surface area contributed by atoms with Gasteiger partial charge in [-0.05, 0) is 29.5 Å². The van der Waals surface area contributed by atoms with Gasteiger partial charge in [-0.15, -0.1) is 11.3 Å². The van der Waals surface area contributed by atoms with Crippen LogP contribution in [0.5, 0.6) is 0 Å². The van der Waals surface area contributed by atoms with Gasteiger partial charge in [-0.3, -0.25) is 9.36 Å². The molecule has 0 aliphatic heterocycles. The zero-order valence-corrected chi connectivity index (χ0v) is 18.8. The molecule has 0 saturated heterocycles. The number of benzene rings is 2. The van der Waals surface area contributed by atoms with E-state index in [9.17, 15) is 14.7 Å². The molecule has 0 atom stereocenters. The van der Waals surface area contributed by atoms with Gasteiger partial charge in [0.25, 0.3) is 5.56 Å². The van der Waals surface area contributed by atoms with Crippen molar-refractivity contribution in [2.45, 2.75) is 39.7 Å². The van der Waals surface area contributed by atoms with Gasteiger partial charge in [0.2, 0.25) is 0 Å². The average molecular weight is 433 g/mol. The molecule has 0 saturated carbocycles. The van der Waals surface area contributed by atoms with Crippen LogP contribution in [0, 0.1) is 6.92 Å². The molecular formula is C25H24N2O3S. The summed E-state index contributed by atoms with van der Waals surface area (Å²) in [7, 11) is 0. The number of aromatic carboxylic acids is 1. The zero-order chi connectivity index (χ0) is 22.3. The fourth-order valence-corrected chi connectivity index (χ4v) is 4.53. The molecule has 1 N–H and O–H groups in total. The summed E-state index contributed by atoms with van der Waals surface area (Å²) < 4.78 is 1.59. The van der Waals surface area contributed by atoms with Crippen molar-refractivity contribution >= 4 is 27.5 Å². The number of carboxylic acid groups (broad SMARTS) is 1. The summed E-state index contributed by atoms with van der Waals surface area (Å²) in [5.41, 5.74) is 3.76. The van der Waals surface area contributed by atoms with E-state index in [0.29, 0.717) is 17.2 Å². The first-order valence-corrected chi connectivity index (χ1v) is 10.9. The second-order valence-electron chi connectivity index (χ2n) is 8.78. The Hall–Kier alpha value is -3.25. The first-order valence-electron chi connectivity index (χ1n) is 10.1. The quantitative estimate of drug-likeness (QED) is 0.464. The smallest absolute Gasteiger partial charge is 0.337 e. The molecule has 4 rings (SSSR count). The Labute approximate surface area is 184 Å². The van der Waals surface area contributed by atoms with Crippen molar-refractivity contribution in [1.29, 1.82) is 0 Å². The van der Waals surface area contributed by atoms with Crippen LogP contribution in [0.25, 0.3) is 21.6 Å². The lowest BCUT2D eigenvalue weighted by molar-refractivity contribution is 0.0699. The van der Waals surface area contributed by atoms with Crippen molar-refractivity contribution in [3.8, 4) is 11.4 Å². The topological polar surface area (TPSA) is 72.2 Å². The minimum absolute atomic E-state index is 0.00474. The molecule has 2 heterocycles. The van der Waals surface area contributed by atoms with Gasteiger partial charge < -0.3 is 5.11 Å². The fraction of sp³-hybridized carbons (Fsp3) is 0.240. The van der Waals surface area contributed by atoms with Gasteiger partial charge >= 0.3 is 5.97 Å². The molecule has 4 aromatic rings. The number of nitrogens with zero attached hydrogens (tertiary/aromatic N) is 2. The predicted molar refractivity (Wildman–Crippen MR) is 125 cm³/mol. The molecule has 0 amide bonds. The number of hydrogen-bond donors (Lipinski definition) is 1. The Morgan fingerprint density at radius 2 is 1.84 bits per heavy atom. The van der Waals surface area contributed by atoms with Crippen molar-refractivity contribution < 1.29 is 9.90 Å². The van der Waals surface area contributed by atoms with Gasteiger partial charge in [0.1, 0.15) is 10.7 Å². The maximum atomic E-state index is 13.5. The molecule has 0 bridgehead atoms. The van der Waals surface area contributed by atoms with Gasteiger partial charge in [0.05, 0.1) is 17.5 Å². The summed E-state index contributed by atoms with van der Waals surface area (Å²) in [5, 5.41) is 11.2. The minimum Gasteiger partial charge on any atom is -0.478 e. The van der Waals surface area contributed by atoms with Crippen LogP contribution in [-0.2, 0) is 12.0 Å². The lowest BCUT2D eigenvalue weighted by Crippen LogP contribution is -2.25. The van der Waals surface area contributed by atoms with Crippen molar-refractivity contribution in [3.05, 3.63) is 86.5 Å². The molecule has 0 fully saturated rings. The summed E-state index contributed by atoms with van der Waals surface area (Å²) in [6, 6.07) is 16.0. The third-order valence-corrected chi connectivity index (χ3v) is 6.23. The highest BCUT2D eigenvalue weighted by Crippen LogP contribution is 2.27.